The molecule has 0 aliphatic rings. The van der Waals surface area contributed by atoms with Crippen molar-refractivity contribution in [3.8, 4) is 0 Å². The Balaban J connectivity index is 0. The molecule has 0 aromatic rings. The van der Waals surface area contributed by atoms with Gasteiger partial charge in [-0.3, -0.25) is 0 Å². The first kappa shape index (κ1) is 1950. The maximum Gasteiger partial charge on any atom is 3.00 e. The molecule has 0 atom stereocenters. The Hall–Kier alpha value is 10.8. The minimum Gasteiger partial charge on any atom is -2.00 e. The Kier molecular flexibility index (Phi) is 71000. The molecule has 0 aromatic heterocycles. The smallest absolute Gasteiger partial charge is 2.00 e. The van der Waals surface area contributed by atoms with Gasteiger partial charge in [0.15, 0.2) is 0 Å². The normalized spacial score (nSPS) is 0. The second-order valence-corrected chi connectivity index (χ2v) is 0. The Bertz CT molecular complexity index is 50.6. The predicted molar refractivity (Wildman–Crippen MR) is 19.2 cm³/mol. The van der Waals surface area contributed by atoms with Gasteiger partial charge in [0.2, 0.25) is 0 Å². The summed E-state index contributed by atoms with van der Waals surface area (Å²) in [7, 11) is 0. The first-order valence-corrected chi connectivity index (χ1v) is 0. The number of hydrogen-bond acceptors (Lipinski definition) is 0. The van der Waals surface area contributed by atoms with E-state index in [1.807, 2.05) is 0 Å². The van der Waals surface area contributed by atoms with Gasteiger partial charge in [0, 0.05) is 0 Å². The molecule has 0 saturated heterocycles. The van der Waals surface area contributed by atoms with Crippen LogP contribution < -0.4 is 0 Å². The van der Waals surface area contributed by atoms with Crippen molar-refractivity contribution in [2.24, 2.45) is 0 Å². The fraction of sp³-hybridized carbons (Fsp3) is 0. The third-order valence-electron chi connectivity index (χ3n) is 0. The quantitative estimate of drug-likeness (QED) is 0.214. The Morgan fingerprint density at radius 1 is 0.0392 bits per heavy atom. The summed E-state index contributed by atoms with van der Waals surface area (Å²) in [6.45, 7) is 0. The van der Waals surface area contributed by atoms with Gasteiger partial charge in [-0.1, -0.05) is 0 Å². The van der Waals surface area contributed by atoms with Crippen LogP contribution in [0.3, 0.4) is 0 Å². The van der Waals surface area contributed by atoms with Gasteiger partial charge in [-0.25, -0.2) is 0 Å². The molecule has 0 amide bonds. The summed E-state index contributed by atoms with van der Waals surface area (Å²) in [5, 5.41) is 0. The first-order chi connectivity index (χ1) is 0. The summed E-state index contributed by atoms with van der Waals surface area (Å²) in [5.41, 5.74) is 0. The van der Waals surface area contributed by atoms with Crippen molar-refractivity contribution < 1.29 is 546 Å². The fourth-order valence-corrected chi connectivity index (χ4v) is 0. The van der Waals surface area contributed by atoms with Crippen LogP contribution in [0.15, 0.2) is 0 Å². The van der Waals surface area contributed by atoms with Crippen LogP contribution in [0.25, 0.3) is 0 Å². The molecule has 51 heteroatoms. The van der Waals surface area contributed by atoms with Crippen LogP contribution in [-0.2, 0) is 546 Å². The maximum atomic E-state index is 0. The van der Waals surface area contributed by atoms with Crippen molar-refractivity contribution in [2.45, 2.75) is 0 Å². The molecule has 0 unspecified atom stereocenters. The van der Waals surface area contributed by atoms with Crippen molar-refractivity contribution in [3.05, 3.63) is 0 Å². The summed E-state index contributed by atoms with van der Waals surface area (Å²) in [6.07, 6.45) is 0. The molecule has 0 rings (SSSR count). The second kappa shape index (κ2) is 1860. The van der Waals surface area contributed by atoms with E-state index in [9.17, 15) is 0 Å². The van der Waals surface area contributed by atoms with Crippen LogP contribution in [0.4, 0.5) is 0 Å². The monoisotopic (exact) mass is 1730 g/mol. The molecular weight excluding hydrogens is 1730 g/mol. The molecule has 0 aromatic carbocycles. The van der Waals surface area contributed by atoms with Gasteiger partial charge >= 0.3 is 393 Å². The standard InChI is InChI=1S/23Fe.28O/q23*+3;28*-2. The van der Waals surface area contributed by atoms with E-state index in [1.54, 1.807) is 0 Å². The Labute approximate surface area is 537 Å². The third-order valence-corrected chi connectivity index (χ3v) is 0. The SMILES string of the molecule is [Fe+3].[Fe+3].[Fe+3].[Fe+3].[Fe+3].[Fe+3].[Fe+3].[Fe+3].[Fe+3].[Fe+3].[Fe+3].[Fe+3].[Fe+3].[Fe+3].[Fe+3].[Fe+3].[Fe+3].[Fe+3].[Fe+3].[Fe+3].[Fe+3].[Fe+3].[Fe+3].[O-2].[O-2].[O-2].[O-2].[O-2].[O-2].[O-2].[O-2].[O-2].[O-2].[O-2].[O-2].[O-2].[O-2].[O-2].[O-2].[O-2].[O-2].[O-2].[O-2].[O-2].[O-2].[O-2].[O-2].[O-2].[O-2].[O-2].[O-2]. The Morgan fingerprint density at radius 3 is 0.0392 bits per heavy atom. The third kappa shape index (κ3) is 1800. The van der Waals surface area contributed by atoms with E-state index in [4.69, 9.17) is 0 Å². The summed E-state index contributed by atoms with van der Waals surface area (Å²) in [4.78, 5) is 0. The van der Waals surface area contributed by atoms with Crippen molar-refractivity contribution in [2.75, 3.05) is 0 Å². The minimum absolute atomic E-state index is 0. The number of rotatable bonds is 0. The van der Waals surface area contributed by atoms with Crippen molar-refractivity contribution >= 4 is 0 Å². The van der Waals surface area contributed by atoms with E-state index in [0.717, 1.165) is 0 Å². The van der Waals surface area contributed by atoms with Crippen molar-refractivity contribution in [1.82, 2.24) is 0 Å². The molecule has 339 valence electrons. The van der Waals surface area contributed by atoms with Crippen LogP contribution in [0, 0.1) is 0 Å². The van der Waals surface area contributed by atoms with Crippen LogP contribution in [-0.4, -0.2) is 0 Å². The van der Waals surface area contributed by atoms with E-state index in [-0.39, 0.29) is 546 Å². The molecule has 0 N–H and O–H groups in total. The molecular formula is Fe23O28+13. The topological polar surface area (TPSA) is 798 Å². The van der Waals surface area contributed by atoms with Crippen LogP contribution in [0.2, 0.25) is 0 Å². The zero-order chi connectivity index (χ0) is 0. The summed E-state index contributed by atoms with van der Waals surface area (Å²) >= 11 is 0. The molecule has 0 aliphatic heterocycles. The molecule has 23 radical (unpaired) electrons. The van der Waals surface area contributed by atoms with E-state index >= 15 is 0 Å². The van der Waals surface area contributed by atoms with Gasteiger partial charge in [0.05, 0.1) is 0 Å². The predicted octanol–water partition coefficient (Wildman–Crippen LogP) is -3.38. The zero-order valence-electron chi connectivity index (χ0n) is 19.6. The summed E-state index contributed by atoms with van der Waals surface area (Å²) in [5.74, 6) is 0. The molecule has 0 heterocycles. The van der Waals surface area contributed by atoms with Gasteiger partial charge in [-0.05, 0) is 0 Å². The van der Waals surface area contributed by atoms with E-state index in [1.165, 1.54) is 0 Å². The molecule has 0 bridgehead atoms. The van der Waals surface area contributed by atoms with Gasteiger partial charge < -0.3 is 153 Å². The molecule has 0 fully saturated rings. The molecule has 51 heavy (non-hydrogen) atoms. The second-order valence-electron chi connectivity index (χ2n) is 0. The zero-order valence-corrected chi connectivity index (χ0v) is 45.0. The van der Waals surface area contributed by atoms with Crippen LogP contribution in [0.5, 0.6) is 0 Å². The molecule has 28 nitrogen and oxygen atoms in total. The number of hydrogen-bond donors (Lipinski definition) is 0. The summed E-state index contributed by atoms with van der Waals surface area (Å²) in [6, 6.07) is 0. The maximum absolute atomic E-state index is 0. The molecule has 0 spiro atoms. The van der Waals surface area contributed by atoms with E-state index in [2.05, 4.69) is 0 Å². The van der Waals surface area contributed by atoms with Crippen LogP contribution in [0.1, 0.15) is 0 Å². The average molecular weight is 1730 g/mol. The summed E-state index contributed by atoms with van der Waals surface area (Å²) < 4.78 is 0. The fourth-order valence-electron chi connectivity index (χ4n) is 0. The molecule has 0 saturated carbocycles. The van der Waals surface area contributed by atoms with Gasteiger partial charge in [0.25, 0.3) is 0 Å². The van der Waals surface area contributed by atoms with Crippen molar-refractivity contribution in [1.29, 1.82) is 0 Å². The van der Waals surface area contributed by atoms with E-state index in [0.29, 0.717) is 0 Å². The molecule has 0 aliphatic carbocycles. The van der Waals surface area contributed by atoms with Crippen LogP contribution >= 0.6 is 0 Å². The van der Waals surface area contributed by atoms with Gasteiger partial charge in [-0.2, -0.15) is 0 Å². The Morgan fingerprint density at radius 2 is 0.0392 bits per heavy atom. The van der Waals surface area contributed by atoms with Gasteiger partial charge in [0.1, 0.15) is 0 Å². The first-order valence-electron chi connectivity index (χ1n) is 0. The van der Waals surface area contributed by atoms with E-state index < -0.39 is 0 Å². The largest absolute Gasteiger partial charge is 3.00 e. The van der Waals surface area contributed by atoms with Gasteiger partial charge in [-0.15, -0.1) is 0 Å². The average Bonchev–Trinajstić information content (AvgIpc) is 0. The minimum atomic E-state index is 0. The van der Waals surface area contributed by atoms with Crippen molar-refractivity contribution in [3.63, 3.8) is 0 Å².